The molecule has 0 N–H and O–H groups in total. The quantitative estimate of drug-likeness (QED) is 0.686. The maximum atomic E-state index is 11.7. The molecule has 1 aliphatic rings. The second-order valence-corrected chi connectivity index (χ2v) is 4.49. The third kappa shape index (κ3) is 4.31. The highest BCUT2D eigenvalue weighted by molar-refractivity contribution is 4.80. The molecule has 0 aliphatic heterocycles. The van der Waals surface area contributed by atoms with Crippen molar-refractivity contribution in [3.8, 4) is 0 Å². The first-order valence-corrected chi connectivity index (χ1v) is 5.11. The third-order valence-corrected chi connectivity index (χ3v) is 2.65. The van der Waals surface area contributed by atoms with Crippen molar-refractivity contribution in [2.75, 3.05) is 0 Å². The van der Waals surface area contributed by atoms with Gasteiger partial charge in [-0.2, -0.15) is 0 Å². The average molecular weight is 210 g/mol. The van der Waals surface area contributed by atoms with Gasteiger partial charge >= 0.3 is 6.36 Å². The standard InChI is InChI=1S/C10H17F3O/c1-7(2)3-4-8-5-9(6-8)14-10(11,12)13/h7-9H,3-6H2,1-2H3. The summed E-state index contributed by atoms with van der Waals surface area (Å²) in [5, 5.41) is 0. The Kier molecular flexibility index (Phi) is 3.81. The molecular weight excluding hydrogens is 193 g/mol. The summed E-state index contributed by atoms with van der Waals surface area (Å²) in [4.78, 5) is 0. The van der Waals surface area contributed by atoms with E-state index >= 15 is 0 Å². The fourth-order valence-electron chi connectivity index (χ4n) is 1.76. The summed E-state index contributed by atoms with van der Waals surface area (Å²) in [6.45, 7) is 4.25. The minimum absolute atomic E-state index is 0.449. The normalized spacial score (nSPS) is 27.9. The van der Waals surface area contributed by atoms with Gasteiger partial charge in [-0.15, -0.1) is 13.2 Å². The van der Waals surface area contributed by atoms with Crippen LogP contribution in [0.25, 0.3) is 0 Å². The molecule has 0 saturated heterocycles. The summed E-state index contributed by atoms with van der Waals surface area (Å²) in [6.07, 6.45) is -1.74. The maximum Gasteiger partial charge on any atom is 0.522 e. The second kappa shape index (κ2) is 4.51. The minimum atomic E-state index is -4.45. The van der Waals surface area contributed by atoms with Gasteiger partial charge in [0.25, 0.3) is 0 Å². The van der Waals surface area contributed by atoms with Gasteiger partial charge in [0, 0.05) is 0 Å². The molecule has 0 bridgehead atoms. The largest absolute Gasteiger partial charge is 0.522 e. The second-order valence-electron chi connectivity index (χ2n) is 4.49. The van der Waals surface area contributed by atoms with Crippen molar-refractivity contribution < 1.29 is 17.9 Å². The van der Waals surface area contributed by atoms with E-state index in [4.69, 9.17) is 0 Å². The molecule has 1 aliphatic carbocycles. The fraction of sp³-hybridized carbons (Fsp3) is 1.00. The van der Waals surface area contributed by atoms with Gasteiger partial charge in [0.2, 0.25) is 0 Å². The van der Waals surface area contributed by atoms with Gasteiger partial charge in [-0.25, -0.2) is 0 Å². The first-order valence-electron chi connectivity index (χ1n) is 5.11. The Hall–Kier alpha value is -0.250. The Bertz CT molecular complexity index is 171. The Morgan fingerprint density at radius 3 is 2.29 bits per heavy atom. The van der Waals surface area contributed by atoms with E-state index in [1.165, 1.54) is 0 Å². The highest BCUT2D eigenvalue weighted by Crippen LogP contribution is 2.37. The Morgan fingerprint density at radius 2 is 1.86 bits per heavy atom. The first-order chi connectivity index (χ1) is 6.37. The summed E-state index contributed by atoms with van der Waals surface area (Å²) in [5.74, 6) is 1.09. The molecule has 14 heavy (non-hydrogen) atoms. The molecule has 0 unspecified atom stereocenters. The van der Waals surface area contributed by atoms with E-state index in [0.29, 0.717) is 24.7 Å². The monoisotopic (exact) mass is 210 g/mol. The van der Waals surface area contributed by atoms with Crippen molar-refractivity contribution in [1.29, 1.82) is 0 Å². The van der Waals surface area contributed by atoms with Crippen LogP contribution in [0.3, 0.4) is 0 Å². The molecule has 0 atom stereocenters. The van der Waals surface area contributed by atoms with Crippen molar-refractivity contribution >= 4 is 0 Å². The van der Waals surface area contributed by atoms with Gasteiger partial charge < -0.3 is 0 Å². The molecule has 4 heteroatoms. The van der Waals surface area contributed by atoms with Crippen LogP contribution in [0, 0.1) is 11.8 Å². The van der Waals surface area contributed by atoms with Crippen LogP contribution in [0.2, 0.25) is 0 Å². The van der Waals surface area contributed by atoms with E-state index in [-0.39, 0.29) is 0 Å². The molecule has 0 amide bonds. The molecule has 0 aromatic carbocycles. The topological polar surface area (TPSA) is 9.23 Å². The van der Waals surface area contributed by atoms with Crippen LogP contribution in [-0.4, -0.2) is 12.5 Å². The molecule has 1 fully saturated rings. The third-order valence-electron chi connectivity index (χ3n) is 2.65. The number of hydrogen-bond acceptors (Lipinski definition) is 1. The molecule has 0 heterocycles. The van der Waals surface area contributed by atoms with Gasteiger partial charge in [0.1, 0.15) is 0 Å². The zero-order chi connectivity index (χ0) is 10.8. The van der Waals surface area contributed by atoms with Crippen molar-refractivity contribution in [2.45, 2.75) is 52.0 Å². The number of halogens is 3. The summed E-state index contributed by atoms with van der Waals surface area (Å²) < 4.78 is 39.1. The van der Waals surface area contributed by atoms with E-state index in [0.717, 1.165) is 12.8 Å². The molecule has 1 nitrogen and oxygen atoms in total. The van der Waals surface area contributed by atoms with Crippen molar-refractivity contribution in [3.63, 3.8) is 0 Å². The van der Waals surface area contributed by atoms with Crippen LogP contribution in [0.4, 0.5) is 13.2 Å². The molecule has 0 radical (unpaired) electrons. The number of hydrogen-bond donors (Lipinski definition) is 0. The maximum absolute atomic E-state index is 11.7. The lowest BCUT2D eigenvalue weighted by Gasteiger charge is -2.35. The van der Waals surface area contributed by atoms with Crippen molar-refractivity contribution in [3.05, 3.63) is 0 Å². The van der Waals surface area contributed by atoms with Gasteiger partial charge in [0.15, 0.2) is 0 Å². The van der Waals surface area contributed by atoms with Crippen LogP contribution in [0.5, 0.6) is 0 Å². The van der Waals surface area contributed by atoms with Gasteiger partial charge in [-0.3, -0.25) is 4.74 Å². The summed E-state index contributed by atoms with van der Waals surface area (Å²) in [7, 11) is 0. The lowest BCUT2D eigenvalue weighted by molar-refractivity contribution is -0.354. The van der Waals surface area contributed by atoms with Crippen molar-refractivity contribution in [1.82, 2.24) is 0 Å². The number of alkyl halides is 3. The van der Waals surface area contributed by atoms with Crippen LogP contribution in [0.15, 0.2) is 0 Å². The van der Waals surface area contributed by atoms with Gasteiger partial charge in [0.05, 0.1) is 6.10 Å². The molecular formula is C10H17F3O. The molecule has 1 saturated carbocycles. The summed E-state index contributed by atoms with van der Waals surface area (Å²) in [5.41, 5.74) is 0. The molecule has 0 aromatic heterocycles. The molecule has 0 aromatic rings. The molecule has 1 rings (SSSR count). The average Bonchev–Trinajstić information content (AvgIpc) is 1.90. The Labute approximate surface area is 82.6 Å². The van der Waals surface area contributed by atoms with E-state index in [9.17, 15) is 13.2 Å². The Balaban J connectivity index is 2.06. The van der Waals surface area contributed by atoms with E-state index in [1.807, 2.05) is 0 Å². The molecule has 0 spiro atoms. The highest BCUT2D eigenvalue weighted by atomic mass is 19.4. The van der Waals surface area contributed by atoms with Crippen LogP contribution in [-0.2, 0) is 4.74 Å². The lowest BCUT2D eigenvalue weighted by atomic mass is 9.78. The molecule has 84 valence electrons. The van der Waals surface area contributed by atoms with Crippen LogP contribution < -0.4 is 0 Å². The smallest absolute Gasteiger partial charge is 0.289 e. The van der Waals surface area contributed by atoms with Crippen molar-refractivity contribution in [2.24, 2.45) is 11.8 Å². The fourth-order valence-corrected chi connectivity index (χ4v) is 1.76. The van der Waals surface area contributed by atoms with Gasteiger partial charge in [-0.1, -0.05) is 26.7 Å². The SMILES string of the molecule is CC(C)CCC1CC(OC(F)(F)F)C1. The van der Waals surface area contributed by atoms with E-state index in [1.54, 1.807) is 0 Å². The highest BCUT2D eigenvalue weighted by Gasteiger charge is 2.39. The van der Waals surface area contributed by atoms with E-state index < -0.39 is 12.5 Å². The van der Waals surface area contributed by atoms with Crippen LogP contribution >= 0.6 is 0 Å². The van der Waals surface area contributed by atoms with E-state index in [2.05, 4.69) is 18.6 Å². The van der Waals surface area contributed by atoms with Crippen LogP contribution in [0.1, 0.15) is 39.5 Å². The first kappa shape index (κ1) is 11.8. The zero-order valence-corrected chi connectivity index (χ0v) is 8.60. The minimum Gasteiger partial charge on any atom is -0.289 e. The summed E-state index contributed by atoms with van der Waals surface area (Å²) >= 11 is 0. The lowest BCUT2D eigenvalue weighted by Crippen LogP contribution is -2.35. The number of ether oxygens (including phenoxy) is 1. The zero-order valence-electron chi connectivity index (χ0n) is 8.60. The predicted octanol–water partition coefficient (Wildman–Crippen LogP) is 3.74. The Morgan fingerprint density at radius 1 is 1.29 bits per heavy atom. The van der Waals surface area contributed by atoms with Gasteiger partial charge in [-0.05, 0) is 24.7 Å². The summed E-state index contributed by atoms with van der Waals surface area (Å²) in [6, 6.07) is 0. The number of rotatable bonds is 4. The predicted molar refractivity (Wildman–Crippen MR) is 47.7 cm³/mol.